The average molecular weight is 445 g/mol. The van der Waals surface area contributed by atoms with E-state index in [1.54, 1.807) is 0 Å². The predicted octanol–water partition coefficient (Wildman–Crippen LogP) is 5.26. The quantitative estimate of drug-likeness (QED) is 0.441. The first-order chi connectivity index (χ1) is 16.2. The zero-order valence-electron chi connectivity index (χ0n) is 18.3. The normalized spacial score (nSPS) is 15.2. The van der Waals surface area contributed by atoms with Crippen LogP contribution in [0.25, 0.3) is 11.4 Å². The highest BCUT2D eigenvalue weighted by Crippen LogP contribution is 2.30. The van der Waals surface area contributed by atoms with Crippen LogP contribution in [0.5, 0.6) is 0 Å². The molecular formula is C27H26F2N4. The van der Waals surface area contributed by atoms with Gasteiger partial charge in [0.05, 0.1) is 6.04 Å². The van der Waals surface area contributed by atoms with Crippen molar-refractivity contribution in [1.82, 2.24) is 19.8 Å². The number of aromatic nitrogens is 2. The van der Waals surface area contributed by atoms with Gasteiger partial charge in [-0.2, -0.15) is 0 Å². The molecule has 4 nitrogen and oxygen atoms in total. The number of piperazine rings is 1. The minimum absolute atomic E-state index is 0.0369. The van der Waals surface area contributed by atoms with Gasteiger partial charge in [0.15, 0.2) is 0 Å². The number of aromatic amines is 1. The van der Waals surface area contributed by atoms with E-state index in [-0.39, 0.29) is 17.7 Å². The molecule has 1 aliphatic heterocycles. The molecule has 1 N–H and O–H groups in total. The van der Waals surface area contributed by atoms with Gasteiger partial charge >= 0.3 is 0 Å². The SMILES string of the molecule is Fc1ccc(C(c2ccc(F)cc2)N2CCN(Cc3cnc(-c4ccccc4)[nH]3)CC2)cc1. The second-order valence-corrected chi connectivity index (χ2v) is 8.44. The highest BCUT2D eigenvalue weighted by Gasteiger charge is 2.27. The van der Waals surface area contributed by atoms with E-state index in [0.29, 0.717) is 0 Å². The molecule has 0 bridgehead atoms. The molecule has 168 valence electrons. The average Bonchev–Trinajstić information content (AvgIpc) is 3.32. The summed E-state index contributed by atoms with van der Waals surface area (Å²) in [6.07, 6.45) is 1.91. The molecule has 1 saturated heterocycles. The van der Waals surface area contributed by atoms with E-state index >= 15 is 0 Å². The van der Waals surface area contributed by atoms with Crippen LogP contribution in [0, 0.1) is 11.6 Å². The van der Waals surface area contributed by atoms with Crippen LogP contribution in [0.3, 0.4) is 0 Å². The summed E-state index contributed by atoms with van der Waals surface area (Å²) >= 11 is 0. The van der Waals surface area contributed by atoms with E-state index < -0.39 is 0 Å². The van der Waals surface area contributed by atoms with Crippen LogP contribution in [0.1, 0.15) is 22.9 Å². The molecule has 0 radical (unpaired) electrons. The lowest BCUT2D eigenvalue weighted by molar-refractivity contribution is 0.104. The molecule has 1 fully saturated rings. The molecule has 33 heavy (non-hydrogen) atoms. The first-order valence-corrected chi connectivity index (χ1v) is 11.2. The van der Waals surface area contributed by atoms with Crippen LogP contribution < -0.4 is 0 Å². The van der Waals surface area contributed by atoms with E-state index in [4.69, 9.17) is 0 Å². The minimum atomic E-state index is -0.254. The molecule has 0 unspecified atom stereocenters. The fourth-order valence-electron chi connectivity index (χ4n) is 4.51. The van der Waals surface area contributed by atoms with Crippen LogP contribution in [0.4, 0.5) is 8.78 Å². The Hall–Kier alpha value is -3.35. The molecule has 0 spiro atoms. The number of hydrogen-bond acceptors (Lipinski definition) is 3. The number of H-pyrrole nitrogens is 1. The molecule has 0 aliphatic carbocycles. The molecule has 5 rings (SSSR count). The second kappa shape index (κ2) is 9.65. The van der Waals surface area contributed by atoms with E-state index in [1.807, 2.05) is 60.8 Å². The molecule has 1 aliphatic rings. The Morgan fingerprint density at radius 1 is 0.758 bits per heavy atom. The van der Waals surface area contributed by atoms with Gasteiger partial charge in [-0.05, 0) is 35.4 Å². The maximum Gasteiger partial charge on any atom is 0.137 e. The predicted molar refractivity (Wildman–Crippen MR) is 126 cm³/mol. The van der Waals surface area contributed by atoms with Crippen molar-refractivity contribution in [3.8, 4) is 11.4 Å². The lowest BCUT2D eigenvalue weighted by atomic mass is 9.96. The summed E-state index contributed by atoms with van der Waals surface area (Å²) in [7, 11) is 0. The molecule has 0 saturated carbocycles. The van der Waals surface area contributed by atoms with Crippen LogP contribution in [0.2, 0.25) is 0 Å². The number of rotatable bonds is 6. The second-order valence-electron chi connectivity index (χ2n) is 8.44. The summed E-state index contributed by atoms with van der Waals surface area (Å²) < 4.78 is 27.1. The first-order valence-electron chi connectivity index (χ1n) is 11.2. The van der Waals surface area contributed by atoms with Gasteiger partial charge in [-0.3, -0.25) is 9.80 Å². The smallest absolute Gasteiger partial charge is 0.137 e. The molecule has 1 aromatic heterocycles. The fraction of sp³-hybridized carbons (Fsp3) is 0.222. The summed E-state index contributed by atoms with van der Waals surface area (Å²) in [5.74, 6) is 0.378. The first kappa shape index (κ1) is 21.5. The Bertz CT molecular complexity index is 1120. The zero-order valence-corrected chi connectivity index (χ0v) is 18.3. The number of halogens is 2. The van der Waals surface area contributed by atoms with E-state index in [9.17, 15) is 8.78 Å². The van der Waals surface area contributed by atoms with E-state index in [0.717, 1.165) is 60.9 Å². The van der Waals surface area contributed by atoms with E-state index in [2.05, 4.69) is 19.8 Å². The Morgan fingerprint density at radius 2 is 1.33 bits per heavy atom. The van der Waals surface area contributed by atoms with Crippen molar-refractivity contribution in [3.05, 3.63) is 114 Å². The van der Waals surface area contributed by atoms with Gasteiger partial charge in [-0.25, -0.2) is 13.8 Å². The maximum absolute atomic E-state index is 13.5. The molecule has 6 heteroatoms. The van der Waals surface area contributed by atoms with Gasteiger partial charge in [0.1, 0.15) is 17.5 Å². The summed E-state index contributed by atoms with van der Waals surface area (Å²) in [4.78, 5) is 12.8. The Labute approximate surface area is 192 Å². The minimum Gasteiger partial charge on any atom is -0.341 e. The van der Waals surface area contributed by atoms with Crippen LogP contribution in [0.15, 0.2) is 85.1 Å². The monoisotopic (exact) mass is 444 g/mol. The molecule has 4 aromatic rings. The van der Waals surface area contributed by atoms with Gasteiger partial charge in [0, 0.05) is 50.2 Å². The van der Waals surface area contributed by atoms with Gasteiger partial charge < -0.3 is 4.98 Å². The van der Waals surface area contributed by atoms with Crippen molar-refractivity contribution in [2.75, 3.05) is 26.2 Å². The number of imidazole rings is 1. The number of nitrogens with zero attached hydrogens (tertiary/aromatic N) is 3. The summed E-state index contributed by atoms with van der Waals surface area (Å²) in [6, 6.07) is 23.3. The van der Waals surface area contributed by atoms with Gasteiger partial charge in [-0.1, -0.05) is 54.6 Å². The number of nitrogens with one attached hydrogen (secondary N) is 1. The molecule has 3 aromatic carbocycles. The van der Waals surface area contributed by atoms with Gasteiger partial charge in [-0.15, -0.1) is 0 Å². The van der Waals surface area contributed by atoms with Crippen molar-refractivity contribution < 1.29 is 8.78 Å². The molecule has 0 atom stereocenters. The maximum atomic E-state index is 13.5. The third-order valence-electron chi connectivity index (χ3n) is 6.21. The zero-order chi connectivity index (χ0) is 22.6. The van der Waals surface area contributed by atoms with Gasteiger partial charge in [0.25, 0.3) is 0 Å². The van der Waals surface area contributed by atoms with Crippen molar-refractivity contribution in [3.63, 3.8) is 0 Å². The summed E-state index contributed by atoms with van der Waals surface area (Å²) in [5, 5.41) is 0. The van der Waals surface area contributed by atoms with Crippen LogP contribution in [-0.4, -0.2) is 45.9 Å². The summed E-state index contributed by atoms with van der Waals surface area (Å²) in [5.41, 5.74) is 4.20. The molecular weight excluding hydrogens is 418 g/mol. The van der Waals surface area contributed by atoms with Crippen molar-refractivity contribution in [2.45, 2.75) is 12.6 Å². The van der Waals surface area contributed by atoms with Crippen LogP contribution in [-0.2, 0) is 6.54 Å². The van der Waals surface area contributed by atoms with Crippen molar-refractivity contribution in [2.24, 2.45) is 0 Å². The Morgan fingerprint density at radius 3 is 1.91 bits per heavy atom. The third kappa shape index (κ3) is 5.02. The Kier molecular flexibility index (Phi) is 6.28. The number of benzene rings is 3. The fourth-order valence-corrected chi connectivity index (χ4v) is 4.51. The highest BCUT2D eigenvalue weighted by atomic mass is 19.1. The summed E-state index contributed by atoms with van der Waals surface area (Å²) in [6.45, 7) is 4.33. The lowest BCUT2D eigenvalue weighted by Crippen LogP contribution is -2.47. The molecule has 2 heterocycles. The number of hydrogen-bond donors (Lipinski definition) is 1. The van der Waals surface area contributed by atoms with Crippen LogP contribution >= 0.6 is 0 Å². The van der Waals surface area contributed by atoms with Crippen molar-refractivity contribution in [1.29, 1.82) is 0 Å². The van der Waals surface area contributed by atoms with Gasteiger partial charge in [0.2, 0.25) is 0 Å². The Balaban J connectivity index is 1.27. The lowest BCUT2D eigenvalue weighted by Gasteiger charge is -2.39. The molecule has 0 amide bonds. The largest absolute Gasteiger partial charge is 0.341 e. The highest BCUT2D eigenvalue weighted by molar-refractivity contribution is 5.54. The van der Waals surface area contributed by atoms with Crippen molar-refractivity contribution >= 4 is 0 Å². The van der Waals surface area contributed by atoms with E-state index in [1.165, 1.54) is 24.3 Å². The third-order valence-corrected chi connectivity index (χ3v) is 6.21. The standard InChI is InChI=1S/C27H26F2N4/c28-23-10-6-20(7-11-23)26(21-8-12-24(29)13-9-21)33-16-14-32(15-17-33)19-25-18-30-27(31-25)22-4-2-1-3-5-22/h1-13,18,26H,14-17,19H2,(H,30,31). The topological polar surface area (TPSA) is 35.2 Å².